The molecule has 0 aliphatic carbocycles. The SMILES string of the molecule is Cc1ccc(C(=O)O)cc1S(=O)(=O)N(C[C@H]1CCCO1)[C@H]1CCS(=O)(=O)C1. The van der Waals surface area contributed by atoms with Crippen molar-refractivity contribution in [1.29, 1.82) is 0 Å². The van der Waals surface area contributed by atoms with Gasteiger partial charge in [-0.3, -0.25) is 0 Å². The van der Waals surface area contributed by atoms with E-state index in [1.165, 1.54) is 16.4 Å². The van der Waals surface area contributed by atoms with Crippen molar-refractivity contribution in [2.24, 2.45) is 0 Å². The minimum atomic E-state index is -4.08. The first kappa shape index (κ1) is 20.2. The van der Waals surface area contributed by atoms with Gasteiger partial charge < -0.3 is 9.84 Å². The topological polar surface area (TPSA) is 118 Å². The van der Waals surface area contributed by atoms with Crippen LogP contribution in [0.25, 0.3) is 0 Å². The van der Waals surface area contributed by atoms with E-state index in [1.54, 1.807) is 6.92 Å². The summed E-state index contributed by atoms with van der Waals surface area (Å²) in [5.74, 6) is -1.50. The van der Waals surface area contributed by atoms with E-state index in [-0.39, 0.29) is 41.0 Å². The Morgan fingerprint density at radius 2 is 2.07 bits per heavy atom. The summed E-state index contributed by atoms with van der Waals surface area (Å²) in [5, 5.41) is 9.21. The van der Waals surface area contributed by atoms with Crippen LogP contribution in [0.5, 0.6) is 0 Å². The lowest BCUT2D eigenvalue weighted by molar-refractivity contribution is 0.0696. The van der Waals surface area contributed by atoms with Gasteiger partial charge in [-0.05, 0) is 43.9 Å². The molecule has 27 heavy (non-hydrogen) atoms. The summed E-state index contributed by atoms with van der Waals surface area (Å²) >= 11 is 0. The van der Waals surface area contributed by atoms with Crippen LogP contribution in [-0.2, 0) is 24.6 Å². The molecule has 3 rings (SSSR count). The molecular formula is C17H23NO7S2. The first-order valence-electron chi connectivity index (χ1n) is 8.78. The van der Waals surface area contributed by atoms with E-state index in [9.17, 15) is 26.7 Å². The summed E-state index contributed by atoms with van der Waals surface area (Å²) in [6.45, 7) is 2.21. The van der Waals surface area contributed by atoms with E-state index in [0.29, 0.717) is 18.6 Å². The van der Waals surface area contributed by atoms with Gasteiger partial charge in [0.1, 0.15) is 0 Å². The van der Waals surface area contributed by atoms with Gasteiger partial charge in [0, 0.05) is 19.2 Å². The second-order valence-electron chi connectivity index (χ2n) is 7.05. The zero-order valence-electron chi connectivity index (χ0n) is 15.0. The first-order chi connectivity index (χ1) is 12.6. The highest BCUT2D eigenvalue weighted by atomic mass is 32.2. The molecule has 0 radical (unpaired) electrons. The summed E-state index contributed by atoms with van der Waals surface area (Å²) in [4.78, 5) is 11.2. The second-order valence-corrected chi connectivity index (χ2v) is 11.1. The number of hydrogen-bond donors (Lipinski definition) is 1. The molecule has 10 heteroatoms. The Labute approximate surface area is 159 Å². The number of rotatable bonds is 6. The average molecular weight is 418 g/mol. The zero-order chi connectivity index (χ0) is 19.8. The van der Waals surface area contributed by atoms with Crippen LogP contribution in [0.1, 0.15) is 35.2 Å². The van der Waals surface area contributed by atoms with Crippen LogP contribution in [0.4, 0.5) is 0 Å². The zero-order valence-corrected chi connectivity index (χ0v) is 16.6. The molecule has 0 bridgehead atoms. The molecule has 2 aliphatic heterocycles. The fourth-order valence-corrected chi connectivity index (χ4v) is 7.34. The molecule has 2 aliphatic rings. The average Bonchev–Trinajstić information content (AvgIpc) is 3.21. The van der Waals surface area contributed by atoms with E-state index < -0.39 is 31.9 Å². The summed E-state index contributed by atoms with van der Waals surface area (Å²) in [6.07, 6.45) is 1.48. The molecule has 2 fully saturated rings. The molecule has 1 N–H and O–H groups in total. The number of carbonyl (C=O) groups is 1. The molecule has 2 heterocycles. The van der Waals surface area contributed by atoms with Crippen molar-refractivity contribution in [2.45, 2.75) is 43.2 Å². The second kappa shape index (κ2) is 7.50. The molecule has 2 saturated heterocycles. The first-order valence-corrected chi connectivity index (χ1v) is 12.0. The lowest BCUT2D eigenvalue weighted by atomic mass is 10.1. The molecule has 1 aromatic carbocycles. The molecule has 0 saturated carbocycles. The fourth-order valence-electron chi connectivity index (χ4n) is 3.57. The van der Waals surface area contributed by atoms with E-state index in [4.69, 9.17) is 4.74 Å². The maximum atomic E-state index is 13.4. The largest absolute Gasteiger partial charge is 0.478 e. The van der Waals surface area contributed by atoms with Crippen LogP contribution < -0.4 is 0 Å². The highest BCUT2D eigenvalue weighted by Gasteiger charge is 2.41. The highest BCUT2D eigenvalue weighted by Crippen LogP contribution is 2.29. The minimum absolute atomic E-state index is 0.0522. The lowest BCUT2D eigenvalue weighted by Crippen LogP contribution is -2.45. The van der Waals surface area contributed by atoms with Crippen molar-refractivity contribution in [2.75, 3.05) is 24.7 Å². The Bertz CT molecular complexity index is 934. The van der Waals surface area contributed by atoms with Gasteiger partial charge in [-0.25, -0.2) is 21.6 Å². The maximum absolute atomic E-state index is 13.4. The van der Waals surface area contributed by atoms with Gasteiger partial charge in [-0.15, -0.1) is 0 Å². The molecule has 150 valence electrons. The predicted octanol–water partition coefficient (Wildman–Crippen LogP) is 1.05. The standard InChI is InChI=1S/C17H23NO7S2/c1-12-4-5-13(17(19)20)9-16(12)27(23,24)18(10-15-3-2-7-25-15)14-6-8-26(21,22)11-14/h4-5,9,14-15H,2-3,6-8,10-11H2,1H3,(H,19,20)/t14-,15+/m0/s1. The van der Waals surface area contributed by atoms with Crippen molar-refractivity contribution in [3.8, 4) is 0 Å². The van der Waals surface area contributed by atoms with Crippen molar-refractivity contribution in [1.82, 2.24) is 4.31 Å². The number of aryl methyl sites for hydroxylation is 1. The third-order valence-electron chi connectivity index (χ3n) is 5.04. The molecule has 0 aromatic heterocycles. The van der Waals surface area contributed by atoms with Crippen LogP contribution in [0.2, 0.25) is 0 Å². The number of carboxylic acid groups (broad SMARTS) is 1. The quantitative estimate of drug-likeness (QED) is 0.735. The molecule has 8 nitrogen and oxygen atoms in total. The Kier molecular flexibility index (Phi) is 5.62. The molecular weight excluding hydrogens is 394 g/mol. The van der Waals surface area contributed by atoms with Crippen LogP contribution in [0, 0.1) is 6.92 Å². The summed E-state index contributed by atoms with van der Waals surface area (Å²) in [5.41, 5.74) is 0.286. The minimum Gasteiger partial charge on any atom is -0.478 e. The monoisotopic (exact) mass is 417 g/mol. The predicted molar refractivity (Wildman–Crippen MR) is 98.1 cm³/mol. The van der Waals surface area contributed by atoms with Crippen molar-refractivity contribution in [3.05, 3.63) is 29.3 Å². The van der Waals surface area contributed by atoms with Crippen molar-refractivity contribution in [3.63, 3.8) is 0 Å². The lowest BCUT2D eigenvalue weighted by Gasteiger charge is -2.30. The summed E-state index contributed by atoms with van der Waals surface area (Å²) < 4.78 is 57.4. The van der Waals surface area contributed by atoms with Crippen molar-refractivity contribution >= 4 is 25.8 Å². The van der Waals surface area contributed by atoms with Crippen LogP contribution in [0.15, 0.2) is 23.1 Å². The number of benzene rings is 1. The molecule has 0 unspecified atom stereocenters. The smallest absolute Gasteiger partial charge is 0.335 e. The van der Waals surface area contributed by atoms with E-state index in [1.807, 2.05) is 0 Å². The van der Waals surface area contributed by atoms with E-state index in [0.717, 1.165) is 12.5 Å². The van der Waals surface area contributed by atoms with Gasteiger partial charge in [0.15, 0.2) is 9.84 Å². The van der Waals surface area contributed by atoms with Crippen LogP contribution in [0.3, 0.4) is 0 Å². The fraction of sp³-hybridized carbons (Fsp3) is 0.588. The van der Waals surface area contributed by atoms with Crippen LogP contribution in [-0.4, -0.2) is 69.0 Å². The number of ether oxygens (including phenoxy) is 1. The van der Waals surface area contributed by atoms with Gasteiger partial charge in [-0.1, -0.05) is 6.07 Å². The van der Waals surface area contributed by atoms with Crippen molar-refractivity contribution < 1.29 is 31.5 Å². The van der Waals surface area contributed by atoms with Gasteiger partial charge >= 0.3 is 5.97 Å². The number of hydrogen-bond acceptors (Lipinski definition) is 6. The summed E-state index contributed by atoms with van der Waals surface area (Å²) in [7, 11) is -7.37. The number of carboxylic acids is 1. The maximum Gasteiger partial charge on any atom is 0.335 e. The summed E-state index contributed by atoms with van der Waals surface area (Å²) in [6, 6.07) is 3.27. The van der Waals surface area contributed by atoms with E-state index in [2.05, 4.69) is 0 Å². The van der Waals surface area contributed by atoms with Gasteiger partial charge in [0.05, 0.1) is 28.1 Å². The third kappa shape index (κ3) is 4.34. The highest BCUT2D eigenvalue weighted by molar-refractivity contribution is 7.92. The molecule has 2 atom stereocenters. The molecule has 0 spiro atoms. The van der Waals surface area contributed by atoms with Crippen LogP contribution >= 0.6 is 0 Å². The van der Waals surface area contributed by atoms with Gasteiger partial charge in [-0.2, -0.15) is 4.31 Å². The van der Waals surface area contributed by atoms with E-state index >= 15 is 0 Å². The number of sulfone groups is 1. The number of sulfonamides is 1. The normalized spacial score (nSPS) is 25.1. The Morgan fingerprint density at radius 1 is 1.33 bits per heavy atom. The Hall–Kier alpha value is -1.49. The van der Waals surface area contributed by atoms with Gasteiger partial charge in [0.25, 0.3) is 0 Å². The van der Waals surface area contributed by atoms with Gasteiger partial charge in [0.2, 0.25) is 10.0 Å². The Balaban J connectivity index is 2.01. The molecule has 1 aromatic rings. The number of nitrogens with zero attached hydrogens (tertiary/aromatic N) is 1. The number of aromatic carboxylic acids is 1. The third-order valence-corrected chi connectivity index (χ3v) is 8.86. The Morgan fingerprint density at radius 3 is 2.63 bits per heavy atom. The molecule has 0 amide bonds.